The minimum Gasteiger partial charge on any atom is -0.468 e. The van der Waals surface area contributed by atoms with Crippen LogP contribution in [-0.4, -0.2) is 30.5 Å². The molecule has 2 rings (SSSR count). The number of rotatable bonds is 5. The first-order chi connectivity index (χ1) is 8.75. The van der Waals surface area contributed by atoms with Crippen molar-refractivity contribution in [2.24, 2.45) is 0 Å². The maximum absolute atomic E-state index is 5.96. The van der Waals surface area contributed by atoms with Crippen LogP contribution < -0.4 is 4.74 Å². The average Bonchev–Trinajstić information content (AvgIpc) is 2.40. The van der Waals surface area contributed by atoms with Crippen LogP contribution in [0.2, 0.25) is 0 Å². The molecule has 1 unspecified atom stereocenters. The molecule has 18 heavy (non-hydrogen) atoms. The average molecular weight is 242 g/mol. The van der Waals surface area contributed by atoms with Crippen molar-refractivity contribution in [3.8, 4) is 5.88 Å². The topological polar surface area (TPSA) is 25.4 Å². The van der Waals surface area contributed by atoms with Gasteiger partial charge in [-0.15, -0.1) is 0 Å². The summed E-state index contributed by atoms with van der Waals surface area (Å²) < 4.78 is 5.96. The number of ether oxygens (including phenoxy) is 1. The van der Waals surface area contributed by atoms with Crippen molar-refractivity contribution < 1.29 is 4.74 Å². The zero-order chi connectivity index (χ0) is 12.8. The summed E-state index contributed by atoms with van der Waals surface area (Å²) in [5.74, 6) is 0.660. The van der Waals surface area contributed by atoms with Gasteiger partial charge < -0.3 is 9.64 Å². The molecule has 0 aliphatic heterocycles. The van der Waals surface area contributed by atoms with Crippen molar-refractivity contribution in [1.82, 2.24) is 9.88 Å². The van der Waals surface area contributed by atoms with E-state index in [-0.39, 0.29) is 6.10 Å². The summed E-state index contributed by atoms with van der Waals surface area (Å²) in [7, 11) is 4.08. The van der Waals surface area contributed by atoms with Crippen LogP contribution in [0.3, 0.4) is 0 Å². The first-order valence-corrected chi connectivity index (χ1v) is 6.03. The van der Waals surface area contributed by atoms with E-state index in [2.05, 4.69) is 22.0 Å². The van der Waals surface area contributed by atoms with Crippen molar-refractivity contribution >= 4 is 0 Å². The normalized spacial score (nSPS) is 12.4. The zero-order valence-corrected chi connectivity index (χ0v) is 10.8. The summed E-state index contributed by atoms with van der Waals surface area (Å²) in [5, 5.41) is 0. The van der Waals surface area contributed by atoms with Gasteiger partial charge in [-0.2, -0.15) is 0 Å². The van der Waals surface area contributed by atoms with Gasteiger partial charge in [0.05, 0.1) is 0 Å². The molecular formula is C15H18N2O. The molecule has 0 N–H and O–H groups in total. The van der Waals surface area contributed by atoms with Gasteiger partial charge in [0, 0.05) is 18.8 Å². The monoisotopic (exact) mass is 242 g/mol. The van der Waals surface area contributed by atoms with Crippen LogP contribution in [0.15, 0.2) is 54.7 Å². The highest BCUT2D eigenvalue weighted by Gasteiger charge is 2.14. The Hall–Kier alpha value is -1.87. The molecule has 0 aliphatic carbocycles. The maximum atomic E-state index is 5.96. The molecule has 1 aromatic carbocycles. The summed E-state index contributed by atoms with van der Waals surface area (Å²) in [4.78, 5) is 6.32. The van der Waals surface area contributed by atoms with E-state index in [1.807, 2.05) is 50.5 Å². The SMILES string of the molecule is CN(C)CC(Oc1ccccn1)c1ccccc1. The Morgan fingerprint density at radius 3 is 2.39 bits per heavy atom. The molecule has 0 bridgehead atoms. The van der Waals surface area contributed by atoms with Gasteiger partial charge in [0.15, 0.2) is 0 Å². The predicted molar refractivity (Wildman–Crippen MR) is 72.6 cm³/mol. The van der Waals surface area contributed by atoms with E-state index in [0.29, 0.717) is 5.88 Å². The van der Waals surface area contributed by atoms with E-state index in [0.717, 1.165) is 12.1 Å². The fraction of sp³-hybridized carbons (Fsp3) is 0.267. The van der Waals surface area contributed by atoms with Crippen molar-refractivity contribution in [2.45, 2.75) is 6.10 Å². The minimum atomic E-state index is -0.00361. The second-order valence-electron chi connectivity index (χ2n) is 4.45. The van der Waals surface area contributed by atoms with E-state index < -0.39 is 0 Å². The van der Waals surface area contributed by atoms with Crippen LogP contribution in [0.1, 0.15) is 11.7 Å². The highest BCUT2D eigenvalue weighted by atomic mass is 16.5. The van der Waals surface area contributed by atoms with E-state index in [1.54, 1.807) is 6.20 Å². The number of nitrogens with zero attached hydrogens (tertiary/aromatic N) is 2. The third-order valence-electron chi connectivity index (χ3n) is 2.60. The molecule has 2 aromatic rings. The maximum Gasteiger partial charge on any atom is 0.213 e. The smallest absolute Gasteiger partial charge is 0.213 e. The molecule has 0 spiro atoms. The second kappa shape index (κ2) is 6.17. The lowest BCUT2D eigenvalue weighted by atomic mass is 10.1. The van der Waals surface area contributed by atoms with Crippen molar-refractivity contribution in [3.05, 3.63) is 60.3 Å². The van der Waals surface area contributed by atoms with Gasteiger partial charge in [-0.1, -0.05) is 36.4 Å². The van der Waals surface area contributed by atoms with E-state index in [1.165, 1.54) is 0 Å². The number of pyridine rings is 1. The summed E-state index contributed by atoms with van der Waals surface area (Å²) in [6.45, 7) is 0.820. The number of aromatic nitrogens is 1. The molecule has 0 fully saturated rings. The standard InChI is InChI=1S/C15H18N2O/c1-17(2)12-14(13-8-4-3-5-9-13)18-15-10-6-7-11-16-15/h3-11,14H,12H2,1-2H3. The Kier molecular flexibility index (Phi) is 4.31. The Bertz CT molecular complexity index is 456. The van der Waals surface area contributed by atoms with Gasteiger partial charge in [0.2, 0.25) is 5.88 Å². The van der Waals surface area contributed by atoms with Gasteiger partial charge in [-0.05, 0) is 25.7 Å². The van der Waals surface area contributed by atoms with Gasteiger partial charge in [-0.3, -0.25) is 0 Å². The Morgan fingerprint density at radius 1 is 1.06 bits per heavy atom. The van der Waals surface area contributed by atoms with Crippen LogP contribution in [0, 0.1) is 0 Å². The molecule has 1 heterocycles. The van der Waals surface area contributed by atoms with Crippen LogP contribution >= 0.6 is 0 Å². The molecule has 0 radical (unpaired) electrons. The van der Waals surface area contributed by atoms with Gasteiger partial charge >= 0.3 is 0 Å². The molecule has 3 nitrogen and oxygen atoms in total. The van der Waals surface area contributed by atoms with E-state index in [4.69, 9.17) is 4.74 Å². The lowest BCUT2D eigenvalue weighted by Gasteiger charge is -2.22. The third kappa shape index (κ3) is 3.57. The molecule has 3 heteroatoms. The van der Waals surface area contributed by atoms with Gasteiger partial charge in [0.25, 0.3) is 0 Å². The van der Waals surface area contributed by atoms with Gasteiger partial charge in [0.1, 0.15) is 6.10 Å². The molecule has 0 aliphatic rings. The highest BCUT2D eigenvalue weighted by molar-refractivity contribution is 5.20. The Morgan fingerprint density at radius 2 is 1.78 bits per heavy atom. The number of likely N-dealkylation sites (N-methyl/N-ethyl adjacent to an activating group) is 1. The molecule has 0 saturated heterocycles. The van der Waals surface area contributed by atoms with E-state index in [9.17, 15) is 0 Å². The van der Waals surface area contributed by atoms with Crippen molar-refractivity contribution in [1.29, 1.82) is 0 Å². The molecule has 1 aromatic heterocycles. The van der Waals surface area contributed by atoms with Crippen LogP contribution in [-0.2, 0) is 0 Å². The Labute approximate surface area is 108 Å². The van der Waals surface area contributed by atoms with Crippen LogP contribution in [0.5, 0.6) is 5.88 Å². The molecule has 0 amide bonds. The van der Waals surface area contributed by atoms with Crippen LogP contribution in [0.4, 0.5) is 0 Å². The lowest BCUT2D eigenvalue weighted by Crippen LogP contribution is -2.24. The molecule has 94 valence electrons. The van der Waals surface area contributed by atoms with Crippen LogP contribution in [0.25, 0.3) is 0 Å². The highest BCUT2D eigenvalue weighted by Crippen LogP contribution is 2.20. The number of hydrogen-bond acceptors (Lipinski definition) is 3. The largest absolute Gasteiger partial charge is 0.468 e. The first-order valence-electron chi connectivity index (χ1n) is 6.03. The second-order valence-corrected chi connectivity index (χ2v) is 4.45. The van der Waals surface area contributed by atoms with Gasteiger partial charge in [-0.25, -0.2) is 4.98 Å². The quantitative estimate of drug-likeness (QED) is 0.806. The number of benzene rings is 1. The minimum absolute atomic E-state index is 0.00361. The first kappa shape index (κ1) is 12.6. The van der Waals surface area contributed by atoms with Crippen molar-refractivity contribution in [3.63, 3.8) is 0 Å². The summed E-state index contributed by atoms with van der Waals surface area (Å²) in [6.07, 6.45) is 1.74. The number of hydrogen-bond donors (Lipinski definition) is 0. The molecule has 0 saturated carbocycles. The fourth-order valence-electron chi connectivity index (χ4n) is 1.77. The summed E-state index contributed by atoms with van der Waals surface area (Å²) in [5.41, 5.74) is 1.16. The Balaban J connectivity index is 2.16. The zero-order valence-electron chi connectivity index (χ0n) is 10.8. The fourth-order valence-corrected chi connectivity index (χ4v) is 1.77. The third-order valence-corrected chi connectivity index (χ3v) is 2.60. The molecule has 1 atom stereocenters. The summed E-state index contributed by atoms with van der Waals surface area (Å²) >= 11 is 0. The predicted octanol–water partition coefficient (Wildman–Crippen LogP) is 2.76. The van der Waals surface area contributed by atoms with E-state index >= 15 is 0 Å². The lowest BCUT2D eigenvalue weighted by molar-refractivity contribution is 0.156. The molecular weight excluding hydrogens is 224 g/mol. The summed E-state index contributed by atoms with van der Waals surface area (Å²) in [6, 6.07) is 15.9. The van der Waals surface area contributed by atoms with Crippen molar-refractivity contribution in [2.75, 3.05) is 20.6 Å².